The minimum absolute atomic E-state index is 0.0607. The van der Waals surface area contributed by atoms with Gasteiger partial charge in [0.1, 0.15) is 5.75 Å². The smallest absolute Gasteiger partial charge is 0.265 e. The molecule has 0 saturated heterocycles. The number of pyridine rings is 1. The second-order valence-electron chi connectivity index (χ2n) is 7.26. The molecule has 3 rings (SSSR count). The molecule has 0 radical (unpaired) electrons. The molecule has 0 atom stereocenters. The van der Waals surface area contributed by atoms with Crippen LogP contribution in [0, 0.1) is 6.92 Å². The van der Waals surface area contributed by atoms with E-state index in [0.717, 1.165) is 16.8 Å². The van der Waals surface area contributed by atoms with Gasteiger partial charge >= 0.3 is 0 Å². The van der Waals surface area contributed by atoms with Crippen molar-refractivity contribution in [3.8, 4) is 11.6 Å². The van der Waals surface area contributed by atoms with E-state index in [1.54, 1.807) is 18.3 Å². The largest absolute Gasteiger partial charge is 0.438 e. The number of benzene rings is 2. The van der Waals surface area contributed by atoms with E-state index in [-0.39, 0.29) is 24.3 Å². The summed E-state index contributed by atoms with van der Waals surface area (Å²) in [6.07, 6.45) is 1.60. The molecule has 0 aliphatic carbocycles. The number of nitrogens with two attached hydrogens (primary N) is 1. The van der Waals surface area contributed by atoms with Crippen LogP contribution in [0.15, 0.2) is 72.0 Å². The Hall–Kier alpha value is -3.87. The Morgan fingerprint density at radius 2 is 1.87 bits per heavy atom. The van der Waals surface area contributed by atoms with Gasteiger partial charge in [-0.25, -0.2) is 4.98 Å². The first kappa shape index (κ1) is 21.8. The van der Waals surface area contributed by atoms with E-state index in [2.05, 4.69) is 29.3 Å². The van der Waals surface area contributed by atoms with E-state index in [9.17, 15) is 4.79 Å². The molecule has 3 aromatic rings. The molecule has 0 saturated carbocycles. The van der Waals surface area contributed by atoms with Crippen molar-refractivity contribution in [1.82, 2.24) is 4.98 Å². The Morgan fingerprint density at radius 1 is 1.10 bits per heavy atom. The van der Waals surface area contributed by atoms with Crippen molar-refractivity contribution in [1.29, 1.82) is 0 Å². The molecule has 7 heteroatoms. The molecule has 160 valence electrons. The molecule has 1 amide bonds. The number of amidine groups is 1. The van der Waals surface area contributed by atoms with Crippen LogP contribution in [0.2, 0.25) is 0 Å². The molecule has 0 spiro atoms. The maximum absolute atomic E-state index is 12.4. The number of oxime groups is 1. The normalized spacial score (nSPS) is 11.3. The van der Waals surface area contributed by atoms with Gasteiger partial charge in [0.05, 0.1) is 5.56 Å². The number of aromatic nitrogens is 1. The Morgan fingerprint density at radius 3 is 2.61 bits per heavy atom. The number of para-hydroxylation sites is 2. The van der Waals surface area contributed by atoms with Crippen LogP contribution >= 0.6 is 0 Å². The highest BCUT2D eigenvalue weighted by Crippen LogP contribution is 2.27. The predicted molar refractivity (Wildman–Crippen MR) is 121 cm³/mol. The molecule has 0 bridgehead atoms. The molecule has 0 unspecified atom stereocenters. The topological polar surface area (TPSA) is 98.8 Å². The van der Waals surface area contributed by atoms with Gasteiger partial charge in [0.15, 0.2) is 12.4 Å². The average Bonchev–Trinajstić information content (AvgIpc) is 2.76. The highest BCUT2D eigenvalue weighted by molar-refractivity contribution is 5.99. The summed E-state index contributed by atoms with van der Waals surface area (Å²) in [4.78, 5) is 21.8. The van der Waals surface area contributed by atoms with Gasteiger partial charge < -0.3 is 20.6 Å². The van der Waals surface area contributed by atoms with Crippen LogP contribution in [0.25, 0.3) is 0 Å². The Kier molecular flexibility index (Phi) is 7.22. The second kappa shape index (κ2) is 10.2. The summed E-state index contributed by atoms with van der Waals surface area (Å²) in [7, 11) is 0. The minimum Gasteiger partial charge on any atom is -0.438 e. The first-order valence-corrected chi connectivity index (χ1v) is 9.98. The van der Waals surface area contributed by atoms with Crippen LogP contribution < -0.4 is 15.8 Å². The number of carbonyl (C=O) groups is 1. The third kappa shape index (κ3) is 5.82. The number of anilines is 1. The number of nitrogens with zero attached hydrogens (tertiary/aromatic N) is 2. The zero-order chi connectivity index (χ0) is 22.2. The quantitative estimate of drug-likeness (QED) is 0.317. The Bertz CT molecular complexity index is 1070. The van der Waals surface area contributed by atoms with Crippen LogP contribution in [0.5, 0.6) is 11.6 Å². The fourth-order valence-electron chi connectivity index (χ4n) is 2.99. The minimum atomic E-state index is -0.320. The first-order chi connectivity index (χ1) is 15.0. The molecule has 2 aromatic carbocycles. The molecule has 3 N–H and O–H groups in total. The predicted octanol–water partition coefficient (Wildman–Crippen LogP) is 4.58. The Labute approximate surface area is 181 Å². The van der Waals surface area contributed by atoms with Crippen molar-refractivity contribution in [3.63, 3.8) is 0 Å². The van der Waals surface area contributed by atoms with Gasteiger partial charge in [-0.2, -0.15) is 0 Å². The first-order valence-electron chi connectivity index (χ1n) is 9.98. The van der Waals surface area contributed by atoms with Crippen molar-refractivity contribution < 1.29 is 14.4 Å². The van der Waals surface area contributed by atoms with Gasteiger partial charge in [0, 0.05) is 11.9 Å². The number of rotatable bonds is 8. The maximum Gasteiger partial charge on any atom is 0.265 e. The summed E-state index contributed by atoms with van der Waals surface area (Å²) in [5.74, 6) is 0.933. The number of aryl methyl sites for hydroxylation is 1. The number of amides is 1. The summed E-state index contributed by atoms with van der Waals surface area (Å²) >= 11 is 0. The second-order valence-corrected chi connectivity index (χ2v) is 7.26. The monoisotopic (exact) mass is 418 g/mol. The maximum atomic E-state index is 12.4. The highest BCUT2D eigenvalue weighted by Gasteiger charge is 2.13. The molecule has 1 aromatic heterocycles. The zero-order valence-corrected chi connectivity index (χ0v) is 17.8. The van der Waals surface area contributed by atoms with Crippen molar-refractivity contribution in [2.75, 3.05) is 11.9 Å². The zero-order valence-electron chi connectivity index (χ0n) is 17.8. The van der Waals surface area contributed by atoms with E-state index >= 15 is 0 Å². The third-order valence-corrected chi connectivity index (χ3v) is 4.55. The number of ether oxygens (including phenoxy) is 1. The molecule has 0 fully saturated rings. The van der Waals surface area contributed by atoms with Crippen LogP contribution in [-0.4, -0.2) is 23.3 Å². The van der Waals surface area contributed by atoms with E-state index in [4.69, 9.17) is 15.3 Å². The number of hydrogen-bond donors (Lipinski definition) is 2. The van der Waals surface area contributed by atoms with E-state index in [1.807, 2.05) is 55.5 Å². The molecule has 31 heavy (non-hydrogen) atoms. The van der Waals surface area contributed by atoms with Crippen LogP contribution in [-0.2, 0) is 9.63 Å². The number of hydrogen-bond acceptors (Lipinski definition) is 5. The molecule has 7 nitrogen and oxygen atoms in total. The SMILES string of the molecule is Cc1cccc(C(C)C)c1NC(=O)CO/N=C(/N)c1cccnc1Oc1ccccc1. The van der Waals surface area contributed by atoms with Crippen molar-refractivity contribution in [3.05, 3.63) is 83.6 Å². The lowest BCUT2D eigenvalue weighted by atomic mass is 9.98. The van der Waals surface area contributed by atoms with Crippen molar-refractivity contribution in [2.45, 2.75) is 26.7 Å². The molecule has 0 aliphatic heterocycles. The van der Waals surface area contributed by atoms with E-state index < -0.39 is 0 Å². The Balaban J connectivity index is 1.65. The van der Waals surface area contributed by atoms with Gasteiger partial charge in [-0.3, -0.25) is 4.79 Å². The van der Waals surface area contributed by atoms with Gasteiger partial charge in [-0.15, -0.1) is 0 Å². The summed E-state index contributed by atoms with van der Waals surface area (Å²) in [5.41, 5.74) is 9.37. The number of nitrogens with one attached hydrogen (secondary N) is 1. The van der Waals surface area contributed by atoms with Gasteiger partial charge in [0.25, 0.3) is 5.91 Å². The molecular weight excluding hydrogens is 392 g/mol. The highest BCUT2D eigenvalue weighted by atomic mass is 16.6. The van der Waals surface area contributed by atoms with E-state index in [1.165, 1.54) is 0 Å². The summed E-state index contributed by atoms with van der Waals surface area (Å²) in [6.45, 7) is 5.83. The van der Waals surface area contributed by atoms with Crippen LogP contribution in [0.4, 0.5) is 5.69 Å². The standard InChI is InChI=1S/C24H26N4O3/c1-16(2)19-12-7-9-17(3)22(19)27-21(29)15-30-28-23(25)20-13-8-14-26-24(20)31-18-10-5-4-6-11-18/h4-14,16H,15H2,1-3H3,(H2,25,28)(H,27,29). The lowest BCUT2D eigenvalue weighted by Crippen LogP contribution is -2.21. The summed E-state index contributed by atoms with van der Waals surface area (Å²) in [6, 6.07) is 18.6. The van der Waals surface area contributed by atoms with E-state index in [0.29, 0.717) is 17.2 Å². The lowest BCUT2D eigenvalue weighted by Gasteiger charge is -2.16. The average molecular weight is 418 g/mol. The van der Waals surface area contributed by atoms with Gasteiger partial charge in [-0.05, 0) is 48.2 Å². The van der Waals surface area contributed by atoms with Crippen LogP contribution in [0.1, 0.15) is 36.5 Å². The number of carbonyl (C=O) groups excluding carboxylic acids is 1. The van der Waals surface area contributed by atoms with Crippen LogP contribution in [0.3, 0.4) is 0 Å². The third-order valence-electron chi connectivity index (χ3n) is 4.55. The molecule has 0 aliphatic rings. The molecule has 1 heterocycles. The van der Waals surface area contributed by atoms with Gasteiger partial charge in [-0.1, -0.05) is 55.4 Å². The van der Waals surface area contributed by atoms with Gasteiger partial charge in [0.2, 0.25) is 5.88 Å². The summed E-state index contributed by atoms with van der Waals surface area (Å²) < 4.78 is 5.78. The van der Waals surface area contributed by atoms with Crippen molar-refractivity contribution >= 4 is 17.4 Å². The van der Waals surface area contributed by atoms with Crippen molar-refractivity contribution in [2.24, 2.45) is 10.9 Å². The molecular formula is C24H26N4O3. The lowest BCUT2D eigenvalue weighted by molar-refractivity contribution is -0.120. The fourth-order valence-corrected chi connectivity index (χ4v) is 2.99. The summed E-state index contributed by atoms with van der Waals surface area (Å²) in [5, 5.41) is 6.78. The fraction of sp³-hybridized carbons (Fsp3) is 0.208.